The summed E-state index contributed by atoms with van der Waals surface area (Å²) in [5.41, 5.74) is 2.71. The van der Waals surface area contributed by atoms with Crippen LogP contribution in [-0.4, -0.2) is 29.1 Å². The molecule has 1 aromatic heterocycles. The summed E-state index contributed by atoms with van der Waals surface area (Å²) in [7, 11) is 1.80. The fourth-order valence-corrected chi connectivity index (χ4v) is 2.36. The second-order valence-corrected chi connectivity index (χ2v) is 5.13. The number of aromatic nitrogens is 2. The first-order chi connectivity index (χ1) is 10.8. The van der Waals surface area contributed by atoms with Gasteiger partial charge in [-0.15, -0.1) is 0 Å². The van der Waals surface area contributed by atoms with Gasteiger partial charge in [0.15, 0.2) is 5.96 Å². The number of nitrogens with one attached hydrogen (secondary N) is 2. The molecule has 0 saturated heterocycles. The van der Waals surface area contributed by atoms with Gasteiger partial charge in [-0.25, -0.2) is 4.98 Å². The van der Waals surface area contributed by atoms with Crippen molar-refractivity contribution in [1.29, 1.82) is 0 Å². The van der Waals surface area contributed by atoms with Gasteiger partial charge in [-0.3, -0.25) is 4.99 Å². The van der Waals surface area contributed by atoms with Crippen molar-refractivity contribution in [1.82, 2.24) is 20.2 Å². The first kappa shape index (κ1) is 16.1. The lowest BCUT2D eigenvalue weighted by Crippen LogP contribution is -2.37. The number of nitrogens with zero attached hydrogens (tertiary/aromatic N) is 3. The van der Waals surface area contributed by atoms with Crippen LogP contribution >= 0.6 is 0 Å². The van der Waals surface area contributed by atoms with Gasteiger partial charge in [0, 0.05) is 39.1 Å². The van der Waals surface area contributed by atoms with E-state index in [0.717, 1.165) is 38.4 Å². The minimum Gasteiger partial charge on any atom is -0.356 e. The van der Waals surface area contributed by atoms with E-state index in [-0.39, 0.29) is 0 Å². The van der Waals surface area contributed by atoms with E-state index in [9.17, 15) is 0 Å². The van der Waals surface area contributed by atoms with Crippen LogP contribution in [0.1, 0.15) is 24.5 Å². The third kappa shape index (κ3) is 4.91. The van der Waals surface area contributed by atoms with Crippen LogP contribution in [0.4, 0.5) is 0 Å². The molecule has 1 aromatic carbocycles. The standard InChI is InChI=1S/C17H25N5/c1-3-15-7-4-5-8-16(15)13-21-17(18-2)20-9-6-11-22-12-10-19-14-22/h4-5,7-8,10,12,14H,3,6,9,11,13H2,1-2H3,(H2,18,20,21). The summed E-state index contributed by atoms with van der Waals surface area (Å²) in [6, 6.07) is 8.51. The smallest absolute Gasteiger partial charge is 0.191 e. The van der Waals surface area contributed by atoms with Gasteiger partial charge in [-0.05, 0) is 24.0 Å². The Hall–Kier alpha value is -2.30. The first-order valence-electron chi connectivity index (χ1n) is 7.80. The van der Waals surface area contributed by atoms with E-state index in [2.05, 4.69) is 56.4 Å². The zero-order valence-electron chi connectivity index (χ0n) is 13.4. The lowest BCUT2D eigenvalue weighted by atomic mass is 10.1. The molecule has 0 aliphatic rings. The molecule has 5 nitrogen and oxygen atoms in total. The Morgan fingerprint density at radius 3 is 2.73 bits per heavy atom. The Balaban J connectivity index is 1.73. The van der Waals surface area contributed by atoms with Gasteiger partial charge >= 0.3 is 0 Å². The zero-order chi connectivity index (χ0) is 15.6. The van der Waals surface area contributed by atoms with E-state index in [1.807, 2.05) is 12.5 Å². The van der Waals surface area contributed by atoms with Crippen LogP contribution in [0.5, 0.6) is 0 Å². The van der Waals surface area contributed by atoms with Gasteiger partial charge in [0.25, 0.3) is 0 Å². The normalized spacial score (nSPS) is 11.5. The van der Waals surface area contributed by atoms with E-state index in [1.54, 1.807) is 13.2 Å². The molecule has 0 aliphatic carbocycles. The number of aliphatic imine (C=N–C) groups is 1. The zero-order valence-corrected chi connectivity index (χ0v) is 13.4. The second kappa shape index (κ2) is 8.87. The molecular formula is C17H25N5. The average molecular weight is 299 g/mol. The van der Waals surface area contributed by atoms with Crippen LogP contribution in [0.15, 0.2) is 48.0 Å². The van der Waals surface area contributed by atoms with Crippen molar-refractivity contribution in [3.05, 3.63) is 54.1 Å². The number of imidazole rings is 1. The van der Waals surface area contributed by atoms with Crippen LogP contribution in [0.3, 0.4) is 0 Å². The highest BCUT2D eigenvalue weighted by Crippen LogP contribution is 2.08. The van der Waals surface area contributed by atoms with E-state index >= 15 is 0 Å². The minimum absolute atomic E-state index is 0.797. The summed E-state index contributed by atoms with van der Waals surface area (Å²) in [5.74, 6) is 0.844. The van der Waals surface area contributed by atoms with Gasteiger partial charge in [0.1, 0.15) is 0 Å². The fourth-order valence-electron chi connectivity index (χ4n) is 2.36. The minimum atomic E-state index is 0.797. The van der Waals surface area contributed by atoms with E-state index in [4.69, 9.17) is 0 Å². The maximum atomic E-state index is 4.27. The molecule has 2 rings (SSSR count). The van der Waals surface area contributed by atoms with Crippen LogP contribution in [0.2, 0.25) is 0 Å². The molecule has 118 valence electrons. The highest BCUT2D eigenvalue weighted by molar-refractivity contribution is 5.79. The molecule has 0 spiro atoms. The Labute approximate surface area is 132 Å². The van der Waals surface area contributed by atoms with Gasteiger partial charge in [-0.2, -0.15) is 0 Å². The Morgan fingerprint density at radius 1 is 1.23 bits per heavy atom. The predicted molar refractivity (Wildman–Crippen MR) is 90.9 cm³/mol. The summed E-state index contributed by atoms with van der Waals surface area (Å²) in [6.45, 7) is 4.82. The quantitative estimate of drug-likeness (QED) is 0.468. The molecule has 0 aliphatic heterocycles. The van der Waals surface area contributed by atoms with Crippen LogP contribution in [0, 0.1) is 0 Å². The number of guanidine groups is 1. The first-order valence-corrected chi connectivity index (χ1v) is 7.80. The fraction of sp³-hybridized carbons (Fsp3) is 0.412. The molecule has 22 heavy (non-hydrogen) atoms. The van der Waals surface area contributed by atoms with Crippen molar-refractivity contribution < 1.29 is 0 Å². The van der Waals surface area contributed by atoms with Crippen molar-refractivity contribution >= 4 is 5.96 Å². The SMILES string of the molecule is CCc1ccccc1CNC(=NC)NCCCn1ccnc1. The lowest BCUT2D eigenvalue weighted by Gasteiger charge is -2.13. The molecule has 0 bridgehead atoms. The van der Waals surface area contributed by atoms with Crippen LogP contribution in [-0.2, 0) is 19.5 Å². The molecule has 0 fully saturated rings. The highest BCUT2D eigenvalue weighted by atomic mass is 15.2. The summed E-state index contributed by atoms with van der Waals surface area (Å²) >= 11 is 0. The number of hydrogen-bond acceptors (Lipinski definition) is 2. The molecular weight excluding hydrogens is 274 g/mol. The largest absolute Gasteiger partial charge is 0.356 e. The van der Waals surface area contributed by atoms with Gasteiger partial charge in [0.2, 0.25) is 0 Å². The van der Waals surface area contributed by atoms with Crippen molar-refractivity contribution in [2.75, 3.05) is 13.6 Å². The molecule has 0 unspecified atom stereocenters. The van der Waals surface area contributed by atoms with E-state index < -0.39 is 0 Å². The van der Waals surface area contributed by atoms with Crippen molar-refractivity contribution in [2.24, 2.45) is 4.99 Å². The second-order valence-electron chi connectivity index (χ2n) is 5.13. The van der Waals surface area contributed by atoms with Crippen molar-refractivity contribution in [2.45, 2.75) is 32.9 Å². The highest BCUT2D eigenvalue weighted by Gasteiger charge is 2.01. The van der Waals surface area contributed by atoms with Crippen LogP contribution < -0.4 is 10.6 Å². The molecule has 1 heterocycles. The molecule has 2 N–H and O–H groups in total. The predicted octanol–water partition coefficient (Wildman–Crippen LogP) is 2.20. The molecule has 5 heteroatoms. The maximum Gasteiger partial charge on any atom is 0.191 e. The van der Waals surface area contributed by atoms with Crippen molar-refractivity contribution in [3.63, 3.8) is 0 Å². The molecule has 0 atom stereocenters. The molecule has 2 aromatic rings. The molecule has 0 saturated carbocycles. The van der Waals surface area contributed by atoms with E-state index in [0.29, 0.717) is 0 Å². The van der Waals surface area contributed by atoms with Gasteiger partial charge in [-0.1, -0.05) is 31.2 Å². The number of benzene rings is 1. The average Bonchev–Trinajstić information content (AvgIpc) is 3.08. The van der Waals surface area contributed by atoms with Crippen molar-refractivity contribution in [3.8, 4) is 0 Å². The molecule has 0 amide bonds. The van der Waals surface area contributed by atoms with E-state index in [1.165, 1.54) is 11.1 Å². The number of aryl methyl sites for hydroxylation is 2. The van der Waals surface area contributed by atoms with Gasteiger partial charge < -0.3 is 15.2 Å². The number of hydrogen-bond donors (Lipinski definition) is 2. The lowest BCUT2D eigenvalue weighted by molar-refractivity contribution is 0.624. The van der Waals surface area contributed by atoms with Crippen LogP contribution in [0.25, 0.3) is 0 Å². The third-order valence-electron chi connectivity index (χ3n) is 3.61. The Bertz CT molecular complexity index is 574. The molecule has 0 radical (unpaired) electrons. The summed E-state index contributed by atoms with van der Waals surface area (Å²) in [6.07, 6.45) is 7.71. The topological polar surface area (TPSA) is 54.2 Å². The number of rotatable bonds is 7. The summed E-state index contributed by atoms with van der Waals surface area (Å²) in [5, 5.41) is 6.72. The van der Waals surface area contributed by atoms with Gasteiger partial charge in [0.05, 0.1) is 6.33 Å². The Kier molecular flexibility index (Phi) is 6.48. The Morgan fingerprint density at radius 2 is 2.05 bits per heavy atom. The monoisotopic (exact) mass is 299 g/mol. The maximum absolute atomic E-state index is 4.27. The third-order valence-corrected chi connectivity index (χ3v) is 3.61. The summed E-state index contributed by atoms with van der Waals surface area (Å²) < 4.78 is 2.08. The summed E-state index contributed by atoms with van der Waals surface area (Å²) in [4.78, 5) is 8.31.